The summed E-state index contributed by atoms with van der Waals surface area (Å²) < 4.78 is 145. The van der Waals surface area contributed by atoms with E-state index in [0.29, 0.717) is 0 Å². The minimum Gasteiger partial charge on any atom is -0.691 e. The second kappa shape index (κ2) is 4.48. The van der Waals surface area contributed by atoms with Gasteiger partial charge in [-0.1, -0.05) is 0 Å². The van der Waals surface area contributed by atoms with E-state index in [2.05, 4.69) is 9.37 Å². The summed E-state index contributed by atoms with van der Waals surface area (Å²) in [7, 11) is 0. The van der Waals surface area contributed by atoms with Gasteiger partial charge in [0, 0.05) is 0 Å². The Bertz CT molecular complexity index is 394. The molecule has 1 rings (SSSR count). The smallest absolute Gasteiger partial charge is 0.384 e. The maximum Gasteiger partial charge on any atom is 0.384 e. The highest BCUT2D eigenvalue weighted by molar-refractivity contribution is 7.96. The minimum atomic E-state index is -7.30. The van der Waals surface area contributed by atoms with Crippen molar-refractivity contribution in [2.75, 3.05) is 0 Å². The molecule has 1 saturated carbocycles. The molecule has 0 saturated heterocycles. The van der Waals surface area contributed by atoms with Gasteiger partial charge in [0.15, 0.2) is 0 Å². The molecular weight excluding hydrogens is 361 g/mol. The number of hydrogen-bond acceptors (Lipinski definition) is 4. The summed E-state index contributed by atoms with van der Waals surface area (Å²) in [5.41, 5.74) is 0. The maximum atomic E-state index is 13.5. The zero-order valence-corrected chi connectivity index (χ0v) is 9.61. The van der Waals surface area contributed by atoms with Crippen molar-refractivity contribution in [3.05, 3.63) is 0 Å². The fraction of sp³-hybridized carbons (Fsp3) is 1.00. The average Bonchev–Trinajstić information content (AvgIpc) is 2.33. The molecule has 0 spiro atoms. The van der Waals surface area contributed by atoms with E-state index >= 15 is 0 Å². The average molecular weight is 361 g/mol. The minimum absolute atomic E-state index is 2.11. The van der Waals surface area contributed by atoms with Gasteiger partial charge in [0.05, 0.1) is 12.0 Å². The van der Waals surface area contributed by atoms with E-state index in [9.17, 15) is 53.6 Å². The fourth-order valence-corrected chi connectivity index (χ4v) is 1.95. The zero-order chi connectivity index (χ0) is 17.1. The Morgan fingerprint density at radius 2 is 0.857 bits per heavy atom. The van der Waals surface area contributed by atoms with Crippen LogP contribution in [-0.2, 0) is 9.37 Å². The monoisotopic (exact) mass is 361 g/mol. The van der Waals surface area contributed by atoms with E-state index in [1.165, 1.54) is 0 Å². The van der Waals surface area contributed by atoms with Crippen LogP contribution in [0.2, 0.25) is 0 Å². The van der Waals surface area contributed by atoms with Gasteiger partial charge in [0.2, 0.25) is 0 Å². The zero-order valence-electron chi connectivity index (χ0n) is 8.79. The molecule has 1 fully saturated rings. The van der Waals surface area contributed by atoms with Crippen molar-refractivity contribution in [1.82, 2.24) is 0 Å². The van der Waals surface area contributed by atoms with Crippen molar-refractivity contribution in [2.24, 2.45) is 0 Å². The van der Waals surface area contributed by atoms with Crippen LogP contribution in [0.25, 0.3) is 0 Å². The number of rotatable bonds is 3. The normalized spacial score (nSPS) is 30.9. The second-order valence-electron chi connectivity index (χ2n) is 3.69. The Kier molecular flexibility index (Phi) is 3.95. The van der Waals surface area contributed by atoms with Gasteiger partial charge in [-0.15, -0.1) is 0 Å². The number of hydrogen-bond donors (Lipinski definition) is 0. The Morgan fingerprint density at radius 1 is 0.571 bits per heavy atom. The van der Waals surface area contributed by atoms with E-state index in [0.717, 1.165) is 0 Å². The predicted octanol–water partition coefficient (Wildman–Crippen LogP) is 2.71. The van der Waals surface area contributed by atoms with E-state index < -0.39 is 46.7 Å². The van der Waals surface area contributed by atoms with Crippen molar-refractivity contribution in [1.29, 1.82) is 0 Å². The van der Waals surface area contributed by atoms with Gasteiger partial charge in [0.25, 0.3) is 0 Å². The van der Waals surface area contributed by atoms with Crippen LogP contribution in [0.5, 0.6) is 0 Å². The molecule has 0 radical (unpaired) electrons. The Balaban J connectivity index is 3.66. The lowest BCUT2D eigenvalue weighted by Crippen LogP contribution is -2.82. The van der Waals surface area contributed by atoms with E-state index in [1.807, 2.05) is 0 Å². The second-order valence-corrected chi connectivity index (χ2v) is 4.55. The van der Waals surface area contributed by atoms with Crippen molar-refractivity contribution >= 4 is 12.0 Å². The third-order valence-corrected chi connectivity index (χ3v) is 3.43. The van der Waals surface area contributed by atoms with Crippen molar-refractivity contribution in [3.8, 4) is 0 Å². The molecule has 0 aromatic rings. The summed E-state index contributed by atoms with van der Waals surface area (Å²) in [6.45, 7) is 0. The molecule has 1 aliphatic carbocycles. The highest BCUT2D eigenvalue weighted by atomic mass is 32.2. The molecule has 3 nitrogen and oxygen atoms in total. The van der Waals surface area contributed by atoms with Crippen molar-refractivity contribution in [3.63, 3.8) is 0 Å². The molecule has 0 unspecified atom stereocenters. The maximum absolute atomic E-state index is 13.5. The van der Waals surface area contributed by atoms with Gasteiger partial charge in [-0.2, -0.15) is 48.2 Å². The third kappa shape index (κ3) is 1.74. The third-order valence-electron chi connectivity index (χ3n) is 2.56. The predicted molar refractivity (Wildman–Crippen MR) is 38.3 cm³/mol. The summed E-state index contributed by atoms with van der Waals surface area (Å²) in [6, 6.07) is 0. The van der Waals surface area contributed by atoms with Gasteiger partial charge in [-0.05, 0) is 0 Å². The van der Waals surface area contributed by atoms with Crippen molar-refractivity contribution < 1.29 is 62.9 Å². The first kappa shape index (κ1) is 18.5. The SMILES string of the molecule is [O-]OOSC1(F)C(F)(F)C(F)(F)C(F)(F)C(F)(F)C1(F)F. The summed E-state index contributed by atoms with van der Waals surface area (Å²) in [6.07, 6.45) is 0. The molecule has 0 N–H and O–H groups in total. The molecule has 0 aromatic carbocycles. The quantitative estimate of drug-likeness (QED) is 0.336. The Morgan fingerprint density at radius 3 is 1.14 bits per heavy atom. The molecule has 0 amide bonds. The lowest BCUT2D eigenvalue weighted by molar-refractivity contribution is -0.777. The lowest BCUT2D eigenvalue weighted by atomic mass is 9.81. The molecule has 15 heteroatoms. The van der Waals surface area contributed by atoms with E-state index in [4.69, 9.17) is 0 Å². The molecule has 0 aromatic heterocycles. The van der Waals surface area contributed by atoms with Crippen LogP contribution in [0.4, 0.5) is 48.3 Å². The number of halogens is 11. The van der Waals surface area contributed by atoms with Crippen LogP contribution >= 0.6 is 12.0 Å². The van der Waals surface area contributed by atoms with Crippen LogP contribution in [0.1, 0.15) is 0 Å². The summed E-state index contributed by atoms with van der Waals surface area (Å²) in [4.78, 5) is 0. The first-order valence-corrected chi connectivity index (χ1v) is 5.02. The molecule has 126 valence electrons. The van der Waals surface area contributed by atoms with E-state index in [1.54, 1.807) is 0 Å². The van der Waals surface area contributed by atoms with Gasteiger partial charge in [-0.3, -0.25) is 5.04 Å². The van der Waals surface area contributed by atoms with Gasteiger partial charge in [0.1, 0.15) is 0 Å². The first-order valence-electron chi connectivity index (χ1n) is 4.28. The molecular formula is C6F11O3S-. The van der Waals surface area contributed by atoms with Gasteiger partial charge < -0.3 is 5.26 Å². The molecule has 0 heterocycles. The Hall–Kier alpha value is -0.540. The highest BCUT2D eigenvalue weighted by Crippen LogP contribution is 2.72. The molecule has 21 heavy (non-hydrogen) atoms. The summed E-state index contributed by atoms with van der Waals surface area (Å²) in [5.74, 6) is -35.9. The standard InChI is InChI=1S/C6HF11O3S/c7-1(8)2(9,10)4(13,14)6(17,21-20-19-18)5(15,16)3(1,11)12/h18H/p-1. The van der Waals surface area contributed by atoms with Crippen LogP contribution in [0.15, 0.2) is 0 Å². The number of alkyl halides is 11. The van der Waals surface area contributed by atoms with Crippen LogP contribution in [0, 0.1) is 0 Å². The van der Waals surface area contributed by atoms with Crippen LogP contribution in [0.3, 0.4) is 0 Å². The molecule has 0 aliphatic heterocycles. The largest absolute Gasteiger partial charge is 0.691 e. The summed E-state index contributed by atoms with van der Waals surface area (Å²) >= 11 is -2.28. The lowest BCUT2D eigenvalue weighted by Gasteiger charge is -2.51. The van der Waals surface area contributed by atoms with Gasteiger partial charge >= 0.3 is 34.6 Å². The molecule has 0 bridgehead atoms. The van der Waals surface area contributed by atoms with E-state index in [-0.39, 0.29) is 0 Å². The highest BCUT2D eigenvalue weighted by Gasteiger charge is 3.02. The van der Waals surface area contributed by atoms with Crippen LogP contribution in [-0.4, -0.2) is 34.6 Å². The van der Waals surface area contributed by atoms with Gasteiger partial charge in [-0.25, -0.2) is 4.39 Å². The fourth-order valence-electron chi connectivity index (χ4n) is 1.36. The first-order chi connectivity index (χ1) is 9.06. The summed E-state index contributed by atoms with van der Waals surface area (Å²) in [5, 5.41) is 4.95. The van der Waals surface area contributed by atoms with Crippen LogP contribution < -0.4 is 5.26 Å². The molecule has 1 aliphatic rings. The molecule has 0 atom stereocenters. The topological polar surface area (TPSA) is 41.5 Å². The Labute approximate surface area is 111 Å². The van der Waals surface area contributed by atoms with Crippen molar-refractivity contribution in [2.45, 2.75) is 34.6 Å².